The fraction of sp³-hybridized carbons (Fsp3) is 0.357. The Balaban J connectivity index is 2.04. The Labute approximate surface area is 122 Å². The summed E-state index contributed by atoms with van der Waals surface area (Å²) in [5.74, 6) is 0.631. The summed E-state index contributed by atoms with van der Waals surface area (Å²) >= 11 is 1.59. The minimum absolute atomic E-state index is 0.0966. The second kappa shape index (κ2) is 6.47. The van der Waals surface area contributed by atoms with Crippen LogP contribution in [-0.2, 0) is 6.54 Å². The molecule has 5 nitrogen and oxygen atoms in total. The first kappa shape index (κ1) is 14.5. The van der Waals surface area contributed by atoms with Crippen molar-refractivity contribution in [1.29, 1.82) is 0 Å². The summed E-state index contributed by atoms with van der Waals surface area (Å²) in [6.07, 6.45) is 1.79. The maximum absolute atomic E-state index is 12.2. The molecule has 0 radical (unpaired) electrons. The minimum atomic E-state index is -0.0966. The Morgan fingerprint density at radius 2 is 2.15 bits per heavy atom. The zero-order valence-corrected chi connectivity index (χ0v) is 12.7. The highest BCUT2D eigenvalue weighted by atomic mass is 32.1. The molecule has 0 saturated carbocycles. The number of pyridine rings is 1. The molecule has 0 bridgehead atoms. The third-order valence-electron chi connectivity index (χ3n) is 2.67. The lowest BCUT2D eigenvalue weighted by atomic mass is 10.2. The van der Waals surface area contributed by atoms with E-state index in [-0.39, 0.29) is 5.91 Å². The van der Waals surface area contributed by atoms with Gasteiger partial charge in [-0.3, -0.25) is 4.79 Å². The Morgan fingerprint density at radius 3 is 2.80 bits per heavy atom. The summed E-state index contributed by atoms with van der Waals surface area (Å²) in [6, 6.07) is 3.55. The van der Waals surface area contributed by atoms with Gasteiger partial charge in [0, 0.05) is 28.9 Å². The van der Waals surface area contributed by atoms with Crippen LogP contribution in [0.3, 0.4) is 0 Å². The molecule has 0 aromatic carbocycles. The molecule has 0 fully saturated rings. The molecule has 0 aliphatic rings. The van der Waals surface area contributed by atoms with Gasteiger partial charge in [-0.1, -0.05) is 0 Å². The van der Waals surface area contributed by atoms with Crippen molar-refractivity contribution >= 4 is 23.1 Å². The van der Waals surface area contributed by atoms with Crippen LogP contribution >= 0.6 is 11.3 Å². The first-order valence-electron chi connectivity index (χ1n) is 6.50. The van der Waals surface area contributed by atoms with E-state index in [0.717, 1.165) is 27.9 Å². The van der Waals surface area contributed by atoms with Gasteiger partial charge in [-0.15, -0.1) is 11.3 Å². The number of anilines is 1. The molecule has 2 rings (SSSR count). The van der Waals surface area contributed by atoms with E-state index in [2.05, 4.69) is 20.6 Å². The highest BCUT2D eigenvalue weighted by Gasteiger charge is 2.09. The monoisotopic (exact) mass is 290 g/mol. The molecule has 2 N–H and O–H groups in total. The van der Waals surface area contributed by atoms with Crippen molar-refractivity contribution in [1.82, 2.24) is 15.3 Å². The Bertz CT molecular complexity index is 609. The average Bonchev–Trinajstić information content (AvgIpc) is 2.81. The number of aryl methyl sites for hydroxylation is 2. The van der Waals surface area contributed by atoms with Gasteiger partial charge in [-0.2, -0.15) is 0 Å². The van der Waals surface area contributed by atoms with Gasteiger partial charge in [0.1, 0.15) is 5.82 Å². The van der Waals surface area contributed by atoms with Crippen LogP contribution in [0.25, 0.3) is 0 Å². The molecule has 6 heteroatoms. The van der Waals surface area contributed by atoms with Gasteiger partial charge in [0.05, 0.1) is 11.6 Å². The van der Waals surface area contributed by atoms with Crippen molar-refractivity contribution in [3.05, 3.63) is 39.5 Å². The second-order valence-corrected chi connectivity index (χ2v) is 5.76. The first-order valence-corrected chi connectivity index (χ1v) is 7.32. The third-order valence-corrected chi connectivity index (χ3v) is 3.58. The fourth-order valence-corrected chi connectivity index (χ4v) is 2.56. The van der Waals surface area contributed by atoms with Crippen LogP contribution in [0, 0.1) is 13.8 Å². The lowest BCUT2D eigenvalue weighted by Gasteiger charge is -2.08. The van der Waals surface area contributed by atoms with Crippen LogP contribution in [0.5, 0.6) is 0 Å². The van der Waals surface area contributed by atoms with E-state index < -0.39 is 0 Å². The van der Waals surface area contributed by atoms with Gasteiger partial charge in [0.15, 0.2) is 0 Å². The average molecular weight is 290 g/mol. The Morgan fingerprint density at radius 1 is 1.35 bits per heavy atom. The largest absolute Gasteiger partial charge is 0.370 e. The third kappa shape index (κ3) is 3.77. The van der Waals surface area contributed by atoms with E-state index in [1.54, 1.807) is 29.7 Å². The molecule has 0 unspecified atom stereocenters. The predicted octanol–water partition coefficient (Wildman–Crippen LogP) is 2.52. The highest BCUT2D eigenvalue weighted by molar-refractivity contribution is 7.11. The molecule has 2 aromatic heterocycles. The topological polar surface area (TPSA) is 66.9 Å². The van der Waals surface area contributed by atoms with Crippen molar-refractivity contribution in [3.63, 3.8) is 0 Å². The lowest BCUT2D eigenvalue weighted by Crippen LogP contribution is -2.22. The van der Waals surface area contributed by atoms with E-state index in [9.17, 15) is 4.79 Å². The zero-order valence-electron chi connectivity index (χ0n) is 11.9. The Kier molecular flexibility index (Phi) is 4.68. The van der Waals surface area contributed by atoms with Crippen molar-refractivity contribution in [2.75, 3.05) is 11.9 Å². The van der Waals surface area contributed by atoms with Gasteiger partial charge < -0.3 is 10.6 Å². The number of carbonyl (C=O) groups excluding carboxylic acids is 1. The zero-order chi connectivity index (χ0) is 14.5. The molecule has 2 heterocycles. The normalized spacial score (nSPS) is 10.3. The second-order valence-electron chi connectivity index (χ2n) is 4.44. The summed E-state index contributed by atoms with van der Waals surface area (Å²) in [5.41, 5.74) is 1.44. The van der Waals surface area contributed by atoms with Crippen molar-refractivity contribution < 1.29 is 4.79 Å². The standard InChI is InChI=1S/C14H18N4OS/c1-4-15-13-6-11(5-9(2)18-13)14(19)17-8-12-7-16-10(3)20-12/h5-7H,4,8H2,1-3H3,(H,15,18)(H,17,19). The fourth-order valence-electron chi connectivity index (χ4n) is 1.83. The minimum Gasteiger partial charge on any atom is -0.370 e. The van der Waals surface area contributed by atoms with Crippen molar-refractivity contribution in [3.8, 4) is 0 Å². The molecule has 0 aliphatic heterocycles. The number of aromatic nitrogens is 2. The molecule has 1 amide bonds. The molecule has 0 spiro atoms. The van der Waals surface area contributed by atoms with Crippen LogP contribution in [-0.4, -0.2) is 22.4 Å². The van der Waals surface area contributed by atoms with E-state index in [1.165, 1.54) is 0 Å². The number of nitrogens with zero attached hydrogens (tertiary/aromatic N) is 2. The van der Waals surface area contributed by atoms with Crippen molar-refractivity contribution in [2.24, 2.45) is 0 Å². The molecular weight excluding hydrogens is 272 g/mol. The van der Waals surface area contributed by atoms with Gasteiger partial charge in [0.25, 0.3) is 5.91 Å². The number of rotatable bonds is 5. The molecule has 0 saturated heterocycles. The summed E-state index contributed by atoms with van der Waals surface area (Å²) in [6.45, 7) is 7.10. The smallest absolute Gasteiger partial charge is 0.251 e. The molecule has 106 valence electrons. The van der Waals surface area contributed by atoms with Crippen LogP contribution in [0.1, 0.15) is 32.9 Å². The van der Waals surface area contributed by atoms with Gasteiger partial charge in [-0.25, -0.2) is 9.97 Å². The number of amides is 1. The number of thiazole rings is 1. The van der Waals surface area contributed by atoms with Crippen LogP contribution in [0.15, 0.2) is 18.3 Å². The van der Waals surface area contributed by atoms with Gasteiger partial charge in [0.2, 0.25) is 0 Å². The summed E-state index contributed by atoms with van der Waals surface area (Å²) in [7, 11) is 0. The lowest BCUT2D eigenvalue weighted by molar-refractivity contribution is 0.0951. The van der Waals surface area contributed by atoms with Gasteiger partial charge >= 0.3 is 0 Å². The van der Waals surface area contributed by atoms with Crippen LogP contribution in [0.4, 0.5) is 5.82 Å². The number of hydrogen-bond donors (Lipinski definition) is 2. The predicted molar refractivity (Wildman–Crippen MR) is 81.2 cm³/mol. The van der Waals surface area contributed by atoms with Crippen LogP contribution in [0.2, 0.25) is 0 Å². The van der Waals surface area contributed by atoms with E-state index in [0.29, 0.717) is 12.1 Å². The molecule has 0 atom stereocenters. The Hall–Kier alpha value is -1.95. The van der Waals surface area contributed by atoms with E-state index in [1.807, 2.05) is 20.8 Å². The maximum Gasteiger partial charge on any atom is 0.251 e. The number of hydrogen-bond acceptors (Lipinski definition) is 5. The SMILES string of the molecule is CCNc1cc(C(=O)NCc2cnc(C)s2)cc(C)n1. The van der Waals surface area contributed by atoms with E-state index >= 15 is 0 Å². The maximum atomic E-state index is 12.2. The molecular formula is C14H18N4OS. The molecule has 20 heavy (non-hydrogen) atoms. The first-order chi connectivity index (χ1) is 9.58. The quantitative estimate of drug-likeness (QED) is 0.888. The molecule has 2 aromatic rings. The van der Waals surface area contributed by atoms with Crippen LogP contribution < -0.4 is 10.6 Å². The van der Waals surface area contributed by atoms with Crippen molar-refractivity contribution in [2.45, 2.75) is 27.3 Å². The number of carbonyl (C=O) groups is 1. The molecule has 0 aliphatic carbocycles. The van der Waals surface area contributed by atoms with E-state index in [4.69, 9.17) is 0 Å². The summed E-state index contributed by atoms with van der Waals surface area (Å²) in [4.78, 5) is 21.7. The summed E-state index contributed by atoms with van der Waals surface area (Å²) < 4.78 is 0. The number of nitrogens with one attached hydrogen (secondary N) is 2. The van der Waals surface area contributed by atoms with Gasteiger partial charge in [-0.05, 0) is 32.9 Å². The summed E-state index contributed by atoms with van der Waals surface area (Å²) in [5, 5.41) is 7.03. The highest BCUT2D eigenvalue weighted by Crippen LogP contribution is 2.13.